The number of carbonyl (C=O) groups excluding carboxylic acids is 1. The van der Waals surface area contributed by atoms with E-state index >= 15 is 0 Å². The molecule has 0 aromatic rings. The zero-order valence-corrected chi connectivity index (χ0v) is 10.2. The van der Waals surface area contributed by atoms with E-state index in [1.54, 1.807) is 0 Å². The van der Waals surface area contributed by atoms with E-state index in [1.807, 2.05) is 0 Å². The Bertz CT molecular complexity index is 187. The maximum absolute atomic E-state index is 11.6. The molecule has 1 rings (SSSR count). The first kappa shape index (κ1) is 12.7. The molecule has 2 nitrogen and oxygen atoms in total. The van der Waals surface area contributed by atoms with Crippen LogP contribution in [0.3, 0.4) is 0 Å². The molecule has 1 aliphatic rings. The Morgan fingerprint density at radius 1 is 1.40 bits per heavy atom. The van der Waals surface area contributed by atoms with Crippen molar-refractivity contribution in [3.05, 3.63) is 0 Å². The van der Waals surface area contributed by atoms with Gasteiger partial charge in [-0.1, -0.05) is 39.5 Å². The van der Waals surface area contributed by atoms with Gasteiger partial charge < -0.3 is 5.32 Å². The van der Waals surface area contributed by atoms with Crippen molar-refractivity contribution in [3.63, 3.8) is 0 Å². The van der Waals surface area contributed by atoms with Crippen molar-refractivity contribution >= 4 is 5.78 Å². The lowest BCUT2D eigenvalue weighted by Crippen LogP contribution is -2.26. The highest BCUT2D eigenvalue weighted by Crippen LogP contribution is 2.19. The molecule has 0 aliphatic heterocycles. The second-order valence-corrected chi connectivity index (χ2v) is 4.81. The molecule has 1 unspecified atom stereocenters. The van der Waals surface area contributed by atoms with Crippen LogP contribution in [0.25, 0.3) is 0 Å². The minimum absolute atomic E-state index is 0.407. The van der Waals surface area contributed by atoms with Crippen LogP contribution in [0.2, 0.25) is 0 Å². The van der Waals surface area contributed by atoms with Gasteiger partial charge in [0.25, 0.3) is 0 Å². The molecule has 1 saturated carbocycles. The molecule has 1 atom stereocenters. The zero-order valence-electron chi connectivity index (χ0n) is 10.2. The average molecular weight is 211 g/mol. The number of carbonyl (C=O) groups is 1. The van der Waals surface area contributed by atoms with Crippen molar-refractivity contribution in [2.45, 2.75) is 64.8 Å². The Morgan fingerprint density at radius 2 is 2.13 bits per heavy atom. The third-order valence-electron chi connectivity index (χ3n) is 3.22. The molecule has 0 heterocycles. The monoisotopic (exact) mass is 211 g/mol. The molecule has 0 aromatic carbocycles. The van der Waals surface area contributed by atoms with Crippen LogP contribution in [0.4, 0.5) is 0 Å². The summed E-state index contributed by atoms with van der Waals surface area (Å²) in [6.45, 7) is 5.01. The number of Topliss-reactive ketones (excluding diaryl/α,β-unsaturated/α-hetero) is 1. The normalized spacial score (nSPS) is 17.7. The summed E-state index contributed by atoms with van der Waals surface area (Å²) >= 11 is 0. The lowest BCUT2D eigenvalue weighted by Gasteiger charge is -2.13. The largest absolute Gasteiger partial charge is 0.307 e. The quantitative estimate of drug-likeness (QED) is 0.635. The SMILES string of the molecule is CCCCC(CC)CC(=O)CNC1CC1. The Kier molecular flexibility index (Phi) is 5.92. The molecule has 0 spiro atoms. The molecular formula is C13H25NO. The number of hydrogen-bond donors (Lipinski definition) is 1. The fraction of sp³-hybridized carbons (Fsp3) is 0.923. The summed E-state index contributed by atoms with van der Waals surface area (Å²) in [5.41, 5.74) is 0. The van der Waals surface area contributed by atoms with E-state index in [1.165, 1.54) is 32.1 Å². The van der Waals surface area contributed by atoms with E-state index in [0.717, 1.165) is 12.8 Å². The Hall–Kier alpha value is -0.370. The highest BCUT2D eigenvalue weighted by atomic mass is 16.1. The van der Waals surface area contributed by atoms with Gasteiger partial charge >= 0.3 is 0 Å². The van der Waals surface area contributed by atoms with Crippen molar-refractivity contribution in [1.82, 2.24) is 5.32 Å². The Morgan fingerprint density at radius 3 is 2.67 bits per heavy atom. The number of ketones is 1. The third kappa shape index (κ3) is 5.93. The van der Waals surface area contributed by atoms with Gasteiger partial charge in [-0.3, -0.25) is 4.79 Å². The fourth-order valence-corrected chi connectivity index (χ4v) is 1.88. The molecule has 0 saturated heterocycles. The lowest BCUT2D eigenvalue weighted by atomic mass is 9.94. The zero-order chi connectivity index (χ0) is 11.1. The second-order valence-electron chi connectivity index (χ2n) is 4.81. The predicted octanol–water partition coefficient (Wildman–Crippen LogP) is 2.91. The van der Waals surface area contributed by atoms with Gasteiger partial charge in [0, 0.05) is 12.5 Å². The smallest absolute Gasteiger partial charge is 0.146 e. The van der Waals surface area contributed by atoms with E-state index in [2.05, 4.69) is 19.2 Å². The first-order chi connectivity index (χ1) is 7.26. The van der Waals surface area contributed by atoms with Crippen molar-refractivity contribution in [3.8, 4) is 0 Å². The molecular weight excluding hydrogens is 186 g/mol. The first-order valence-corrected chi connectivity index (χ1v) is 6.51. The molecule has 0 bridgehead atoms. The van der Waals surface area contributed by atoms with Crippen molar-refractivity contribution in [1.29, 1.82) is 0 Å². The maximum atomic E-state index is 11.6. The van der Waals surface area contributed by atoms with Gasteiger partial charge in [-0.05, 0) is 18.8 Å². The van der Waals surface area contributed by atoms with Gasteiger partial charge in [0.05, 0.1) is 6.54 Å². The van der Waals surface area contributed by atoms with E-state index in [9.17, 15) is 4.79 Å². The molecule has 0 amide bonds. The van der Waals surface area contributed by atoms with Gasteiger partial charge in [-0.15, -0.1) is 0 Å². The van der Waals surface area contributed by atoms with Gasteiger partial charge in [-0.2, -0.15) is 0 Å². The summed E-state index contributed by atoms with van der Waals surface area (Å²) in [6, 6.07) is 0.657. The second kappa shape index (κ2) is 7.00. The summed E-state index contributed by atoms with van der Waals surface area (Å²) in [6.07, 6.45) is 8.20. The fourth-order valence-electron chi connectivity index (χ4n) is 1.88. The van der Waals surface area contributed by atoms with E-state index in [-0.39, 0.29) is 0 Å². The van der Waals surface area contributed by atoms with Crippen LogP contribution >= 0.6 is 0 Å². The molecule has 2 heteroatoms. The summed E-state index contributed by atoms with van der Waals surface area (Å²) in [5.74, 6) is 1.03. The Balaban J connectivity index is 2.08. The molecule has 0 radical (unpaired) electrons. The Labute approximate surface area is 93.8 Å². The molecule has 88 valence electrons. The molecule has 1 aliphatic carbocycles. The number of hydrogen-bond acceptors (Lipinski definition) is 2. The van der Waals surface area contributed by atoms with Crippen LogP contribution < -0.4 is 5.32 Å². The van der Waals surface area contributed by atoms with Gasteiger partial charge in [-0.25, -0.2) is 0 Å². The minimum Gasteiger partial charge on any atom is -0.307 e. The standard InChI is InChI=1S/C13H25NO/c1-3-5-6-11(4-2)9-13(15)10-14-12-7-8-12/h11-12,14H,3-10H2,1-2H3. The number of rotatable bonds is 9. The summed E-state index contributed by atoms with van der Waals surface area (Å²) in [7, 11) is 0. The number of unbranched alkanes of at least 4 members (excludes halogenated alkanes) is 1. The number of nitrogens with one attached hydrogen (secondary N) is 1. The van der Waals surface area contributed by atoms with Gasteiger partial charge in [0.2, 0.25) is 0 Å². The van der Waals surface area contributed by atoms with Crippen LogP contribution in [0.1, 0.15) is 58.8 Å². The van der Waals surface area contributed by atoms with E-state index in [4.69, 9.17) is 0 Å². The average Bonchev–Trinajstić information content (AvgIpc) is 3.05. The maximum Gasteiger partial charge on any atom is 0.146 e. The van der Waals surface area contributed by atoms with Gasteiger partial charge in [0.1, 0.15) is 5.78 Å². The minimum atomic E-state index is 0.407. The summed E-state index contributed by atoms with van der Waals surface area (Å²) in [5, 5.41) is 3.29. The van der Waals surface area contributed by atoms with Gasteiger partial charge in [0.15, 0.2) is 0 Å². The summed E-state index contributed by atoms with van der Waals surface area (Å²) < 4.78 is 0. The van der Waals surface area contributed by atoms with E-state index < -0.39 is 0 Å². The van der Waals surface area contributed by atoms with Crippen LogP contribution in [-0.2, 0) is 4.79 Å². The van der Waals surface area contributed by atoms with Crippen molar-refractivity contribution in [2.75, 3.05) is 6.54 Å². The molecule has 1 N–H and O–H groups in total. The van der Waals surface area contributed by atoms with Crippen molar-refractivity contribution in [2.24, 2.45) is 5.92 Å². The lowest BCUT2D eigenvalue weighted by molar-refractivity contribution is -0.119. The van der Waals surface area contributed by atoms with Crippen LogP contribution in [0.15, 0.2) is 0 Å². The van der Waals surface area contributed by atoms with Crippen LogP contribution in [0, 0.1) is 5.92 Å². The van der Waals surface area contributed by atoms with Crippen molar-refractivity contribution < 1.29 is 4.79 Å². The summed E-state index contributed by atoms with van der Waals surface area (Å²) in [4.78, 5) is 11.6. The molecule has 1 fully saturated rings. The topological polar surface area (TPSA) is 29.1 Å². The third-order valence-corrected chi connectivity index (χ3v) is 3.22. The van der Waals surface area contributed by atoms with Crippen LogP contribution in [-0.4, -0.2) is 18.4 Å². The highest BCUT2D eigenvalue weighted by Gasteiger charge is 2.21. The highest BCUT2D eigenvalue weighted by molar-refractivity contribution is 5.80. The molecule has 15 heavy (non-hydrogen) atoms. The van der Waals surface area contributed by atoms with E-state index in [0.29, 0.717) is 24.3 Å². The first-order valence-electron chi connectivity index (χ1n) is 6.51. The predicted molar refractivity (Wildman–Crippen MR) is 64.0 cm³/mol. The molecule has 0 aromatic heterocycles. The van der Waals surface area contributed by atoms with Crippen LogP contribution in [0.5, 0.6) is 0 Å².